The number of nitrogens with zero attached hydrogens (tertiary/aromatic N) is 8. The van der Waals surface area contributed by atoms with Gasteiger partial charge in [-0.3, -0.25) is 0 Å². The van der Waals surface area contributed by atoms with Crippen molar-refractivity contribution in [3.05, 3.63) is 205 Å². The van der Waals surface area contributed by atoms with E-state index in [1.807, 2.05) is 64.6 Å². The molecule has 12 rings (SSSR count). The Labute approximate surface area is 428 Å². The van der Waals surface area contributed by atoms with Crippen molar-refractivity contribution in [2.75, 3.05) is 33.7 Å². The van der Waals surface area contributed by atoms with Crippen molar-refractivity contribution in [2.45, 2.75) is 52.4 Å². The molecule has 4 aromatic heterocycles. The van der Waals surface area contributed by atoms with Gasteiger partial charge in [-0.25, -0.2) is 19.9 Å². The molecular formula is C56H52N8O2Pt2. The van der Waals surface area contributed by atoms with Crippen LogP contribution in [0.4, 0.5) is 34.4 Å². The van der Waals surface area contributed by atoms with Gasteiger partial charge in [0.2, 0.25) is 11.8 Å². The van der Waals surface area contributed by atoms with Crippen molar-refractivity contribution in [3.8, 4) is 34.0 Å². The van der Waals surface area contributed by atoms with Crippen molar-refractivity contribution >= 4 is 34.4 Å². The van der Waals surface area contributed by atoms with Gasteiger partial charge in [-0.2, -0.15) is 37.6 Å². The van der Waals surface area contributed by atoms with Gasteiger partial charge < -0.3 is 29.8 Å². The molecule has 12 heteroatoms. The zero-order chi connectivity index (χ0) is 46.3. The third-order valence-corrected chi connectivity index (χ3v) is 12.6. The molecule has 2 aliphatic heterocycles. The monoisotopic (exact) mass is 1260 g/mol. The van der Waals surface area contributed by atoms with E-state index in [1.54, 1.807) is 24.3 Å². The Hall–Kier alpha value is -6.34. The van der Waals surface area contributed by atoms with Gasteiger partial charge >= 0.3 is 42.1 Å². The zero-order valence-corrected chi connectivity index (χ0v) is 43.7. The maximum atomic E-state index is 8.70. The number of hydrogen-bond donors (Lipinski definition) is 2. The first-order valence-electron chi connectivity index (χ1n) is 21.9. The number of anilines is 6. The number of aryl methyl sites for hydroxylation is 2. The van der Waals surface area contributed by atoms with E-state index in [4.69, 9.17) is 10.2 Å². The van der Waals surface area contributed by atoms with Gasteiger partial charge in [0.25, 0.3) is 0 Å². The van der Waals surface area contributed by atoms with Gasteiger partial charge in [-0.15, -0.1) is 45.8 Å². The second kappa shape index (κ2) is 20.1. The number of aromatic hydroxyl groups is 2. The van der Waals surface area contributed by atoms with Gasteiger partial charge in [0, 0.05) is 47.3 Å². The smallest absolute Gasteiger partial charge is 0.502 e. The van der Waals surface area contributed by atoms with Crippen LogP contribution < -0.4 is 19.6 Å². The van der Waals surface area contributed by atoms with Crippen LogP contribution in [0, 0.1) is 39.3 Å². The molecule has 0 unspecified atom stereocenters. The Morgan fingerprint density at radius 3 is 1.25 bits per heavy atom. The summed E-state index contributed by atoms with van der Waals surface area (Å²) in [5.41, 5.74) is 16.6. The zero-order valence-electron chi connectivity index (χ0n) is 39.1. The Morgan fingerprint density at radius 1 is 0.485 bits per heavy atom. The van der Waals surface area contributed by atoms with E-state index in [0.717, 1.165) is 45.8 Å². The van der Waals surface area contributed by atoms with Crippen LogP contribution in [0.5, 0.6) is 11.8 Å². The topological polar surface area (TPSA) is 105 Å². The fourth-order valence-corrected chi connectivity index (χ4v) is 9.22. The first-order valence-corrected chi connectivity index (χ1v) is 21.9. The third kappa shape index (κ3) is 9.41. The largest absolute Gasteiger partial charge is 2.00 e. The van der Waals surface area contributed by atoms with Gasteiger partial charge in [0.1, 0.15) is 11.6 Å². The van der Waals surface area contributed by atoms with Crippen LogP contribution in [0.2, 0.25) is 0 Å². The number of fused-ring (bicyclic) bond motifs is 8. The van der Waals surface area contributed by atoms with Crippen molar-refractivity contribution in [2.24, 2.45) is 0 Å². The molecule has 0 radical (unpaired) electrons. The Balaban J connectivity index is 0.000000149. The maximum absolute atomic E-state index is 8.70. The van der Waals surface area contributed by atoms with E-state index in [1.165, 1.54) is 44.5 Å². The molecular weight excluding hydrogens is 1210 g/mol. The quantitative estimate of drug-likeness (QED) is 0.163. The molecule has 0 spiro atoms. The molecule has 0 fully saturated rings. The van der Waals surface area contributed by atoms with Gasteiger partial charge in [0.05, 0.1) is 0 Å². The molecule has 6 heterocycles. The predicted octanol–water partition coefficient (Wildman–Crippen LogP) is 12.0. The molecule has 4 aromatic carbocycles. The van der Waals surface area contributed by atoms with Crippen LogP contribution >= 0.6 is 0 Å². The van der Waals surface area contributed by atoms with Crippen LogP contribution in [0.1, 0.15) is 61.3 Å². The minimum atomic E-state index is -0.00561. The first-order chi connectivity index (χ1) is 31.7. The first kappa shape index (κ1) is 49.6. The summed E-state index contributed by atoms with van der Waals surface area (Å²) >= 11 is 0. The van der Waals surface area contributed by atoms with Crippen molar-refractivity contribution < 1.29 is 52.3 Å². The Kier molecular flexibility index (Phi) is 14.6. The number of pyridine rings is 4. The van der Waals surface area contributed by atoms with Gasteiger partial charge in [-0.1, -0.05) is 99.5 Å². The average Bonchev–Trinajstić information content (AvgIpc) is 3.98. The average molecular weight is 1260 g/mol. The van der Waals surface area contributed by atoms with E-state index in [9.17, 15) is 0 Å². The van der Waals surface area contributed by atoms with Crippen LogP contribution in [0.25, 0.3) is 22.3 Å². The van der Waals surface area contributed by atoms with E-state index in [0.29, 0.717) is 0 Å². The van der Waals surface area contributed by atoms with E-state index in [-0.39, 0.29) is 64.7 Å². The normalized spacial score (nSPS) is 14.4. The number of hydrogen-bond acceptors (Lipinski definition) is 10. The molecule has 0 saturated carbocycles. The van der Waals surface area contributed by atoms with Gasteiger partial charge in [-0.05, 0) is 86.3 Å². The Bertz CT molecular complexity index is 2850. The number of benzene rings is 4. The molecule has 2 N–H and O–H groups in total. The van der Waals surface area contributed by atoms with Gasteiger partial charge in [0.15, 0.2) is 0 Å². The van der Waals surface area contributed by atoms with Crippen molar-refractivity contribution in [3.63, 3.8) is 0 Å². The summed E-state index contributed by atoms with van der Waals surface area (Å²) in [4.78, 5) is 25.0. The van der Waals surface area contributed by atoms with Crippen LogP contribution in [-0.2, 0) is 53.0 Å². The van der Waals surface area contributed by atoms with Crippen LogP contribution in [0.15, 0.2) is 146 Å². The summed E-state index contributed by atoms with van der Waals surface area (Å²) in [7, 11) is 4.10. The molecule has 8 aromatic rings. The molecule has 2 aliphatic carbocycles. The fourth-order valence-electron chi connectivity index (χ4n) is 9.22. The third-order valence-electron chi connectivity index (χ3n) is 12.6. The minimum Gasteiger partial charge on any atom is -0.502 e. The Morgan fingerprint density at radius 2 is 0.882 bits per heavy atom. The molecule has 4 aliphatic rings. The van der Waals surface area contributed by atoms with Crippen LogP contribution in [-0.4, -0.2) is 44.2 Å². The summed E-state index contributed by atoms with van der Waals surface area (Å²) in [5, 5.41) is 17.4. The summed E-state index contributed by atoms with van der Waals surface area (Å²) in [6, 6.07) is 51.5. The molecule has 0 bridgehead atoms. The predicted molar refractivity (Wildman–Crippen MR) is 265 cm³/mol. The van der Waals surface area contributed by atoms with Crippen molar-refractivity contribution in [1.29, 1.82) is 0 Å². The second-order valence-corrected chi connectivity index (χ2v) is 17.8. The van der Waals surface area contributed by atoms with Crippen LogP contribution in [0.3, 0.4) is 0 Å². The standard InChI is InChI=1S/2C22H19N3.2C6H7NO.2Pt/c2*1-22(2)18-8-5-4-7-16(18)17-11-10-15(13-19(17)22)25-14-24(3)20-9-6-12-23-21(20)25;2*1-5-3-2-4-6(8)7-5;;/h2*4-9,11-14H,1-3H3;2*2-4H,1H3,(H,7,8);;/q2*-2;;;2*+2. The SMILES string of the molecule is CN1[CH-]N(c2[c-]cc3c(c2)C(C)(C)c2ccccc2-3)c2ncccc21.CN1[CH-]N(c2[c-]cc3c(c2)C(C)(C)c2ccccc2-3)c2ncccc21.Cc1cccc(O)n1.Cc1cccc(O)n1.[Pt+2].[Pt+2]. The minimum absolute atomic E-state index is 0. The summed E-state index contributed by atoms with van der Waals surface area (Å²) < 4.78 is 0. The van der Waals surface area contributed by atoms with E-state index < -0.39 is 0 Å². The summed E-state index contributed by atoms with van der Waals surface area (Å²) in [5.74, 6) is 2.08. The summed E-state index contributed by atoms with van der Waals surface area (Å²) in [6.07, 6.45) is 3.68. The number of rotatable bonds is 2. The van der Waals surface area contributed by atoms with E-state index in [2.05, 4.69) is 178 Å². The molecule has 348 valence electrons. The molecule has 68 heavy (non-hydrogen) atoms. The fraction of sp³-hybridized carbons (Fsp3) is 0.179. The number of aromatic nitrogens is 4. The molecule has 0 amide bonds. The molecule has 10 nitrogen and oxygen atoms in total. The maximum Gasteiger partial charge on any atom is 2.00 e. The van der Waals surface area contributed by atoms with Crippen molar-refractivity contribution in [1.82, 2.24) is 19.9 Å². The molecule has 0 atom stereocenters. The summed E-state index contributed by atoms with van der Waals surface area (Å²) in [6.45, 7) is 17.0. The molecule has 0 saturated heterocycles. The second-order valence-electron chi connectivity index (χ2n) is 17.8. The van der Waals surface area contributed by atoms with E-state index >= 15 is 0 Å².